The Morgan fingerprint density at radius 2 is 1.83 bits per heavy atom. The first kappa shape index (κ1) is 17.7. The predicted molar refractivity (Wildman–Crippen MR) is 78.2 cm³/mol. The van der Waals surface area contributed by atoms with E-state index in [0.29, 0.717) is 25.0 Å². The van der Waals surface area contributed by atoms with Crippen LogP contribution in [0, 0.1) is 5.41 Å². The monoisotopic (exact) mass is 350 g/mol. The zero-order valence-electron chi connectivity index (χ0n) is 12.7. The number of hydrogen-bond acceptors (Lipinski definition) is 4. The first-order valence-electron chi connectivity index (χ1n) is 6.92. The maximum Gasteiger partial charge on any atom is 0.534 e. The van der Waals surface area contributed by atoms with Crippen LogP contribution in [0.4, 0.5) is 13.2 Å². The molecule has 0 radical (unpaired) electrons. The predicted octanol–water partition coefficient (Wildman–Crippen LogP) is 3.79. The van der Waals surface area contributed by atoms with Gasteiger partial charge in [-0.05, 0) is 43.0 Å². The molecule has 1 aliphatic rings. The molecule has 128 valence electrons. The van der Waals surface area contributed by atoms with E-state index in [2.05, 4.69) is 4.18 Å². The van der Waals surface area contributed by atoms with Crippen molar-refractivity contribution < 1.29 is 30.5 Å². The van der Waals surface area contributed by atoms with Gasteiger partial charge in [-0.1, -0.05) is 19.1 Å². The summed E-state index contributed by atoms with van der Waals surface area (Å²) in [6, 6.07) is 7.06. The zero-order chi connectivity index (χ0) is 17.3. The maximum absolute atomic E-state index is 12.5. The average molecular weight is 350 g/mol. The number of alkyl halides is 3. The van der Waals surface area contributed by atoms with E-state index in [1.165, 1.54) is 13.2 Å². The first-order valence-corrected chi connectivity index (χ1v) is 8.32. The van der Waals surface area contributed by atoms with E-state index in [9.17, 15) is 21.6 Å². The lowest BCUT2D eigenvalue weighted by atomic mass is 9.82. The molecular formula is C15H17F3O4S. The fourth-order valence-electron chi connectivity index (χ4n) is 2.56. The molecule has 0 saturated carbocycles. The van der Waals surface area contributed by atoms with Crippen molar-refractivity contribution in [1.82, 2.24) is 0 Å². The molecule has 2 rings (SSSR count). The van der Waals surface area contributed by atoms with E-state index in [-0.39, 0.29) is 5.76 Å². The van der Waals surface area contributed by atoms with Crippen LogP contribution in [-0.4, -0.2) is 21.0 Å². The number of hydrogen-bond donors (Lipinski definition) is 0. The van der Waals surface area contributed by atoms with Gasteiger partial charge in [0.15, 0.2) is 0 Å². The summed E-state index contributed by atoms with van der Waals surface area (Å²) in [5.41, 5.74) is -5.38. The van der Waals surface area contributed by atoms with Gasteiger partial charge in [-0.3, -0.25) is 0 Å². The van der Waals surface area contributed by atoms with Crippen LogP contribution in [0.5, 0.6) is 5.75 Å². The summed E-state index contributed by atoms with van der Waals surface area (Å²) < 4.78 is 69.4. The molecule has 8 heteroatoms. The van der Waals surface area contributed by atoms with Crippen molar-refractivity contribution in [2.45, 2.75) is 31.7 Å². The zero-order valence-corrected chi connectivity index (χ0v) is 13.5. The van der Waals surface area contributed by atoms with Crippen LogP contribution in [0.15, 0.2) is 36.1 Å². The molecule has 0 amide bonds. The molecule has 0 spiro atoms. The van der Waals surface area contributed by atoms with Crippen LogP contribution in [0.25, 0.3) is 0 Å². The summed E-state index contributed by atoms with van der Waals surface area (Å²) in [7, 11) is -4.11. The molecule has 23 heavy (non-hydrogen) atoms. The minimum atomic E-state index is -5.64. The van der Waals surface area contributed by atoms with E-state index in [4.69, 9.17) is 4.74 Å². The summed E-state index contributed by atoms with van der Waals surface area (Å²) in [5.74, 6) is 0.516. The highest BCUT2D eigenvalue weighted by Crippen LogP contribution is 2.44. The Kier molecular flexibility index (Phi) is 4.66. The summed E-state index contributed by atoms with van der Waals surface area (Å²) in [4.78, 5) is 0. The highest BCUT2D eigenvalue weighted by Gasteiger charge is 2.50. The van der Waals surface area contributed by atoms with Gasteiger partial charge in [0, 0.05) is 5.41 Å². The number of rotatable bonds is 5. The standard InChI is InChI=1S/C15H17F3O4S/c1-14(10-11-5-7-12(21-2)8-6-11)9-3-4-13(14)22-23(19,20)15(16,17)18/h4-8H,3,9-10H2,1-2H3. The van der Waals surface area contributed by atoms with E-state index < -0.39 is 21.0 Å². The van der Waals surface area contributed by atoms with Crippen molar-refractivity contribution in [1.29, 1.82) is 0 Å². The number of allylic oxidation sites excluding steroid dienone is 2. The van der Waals surface area contributed by atoms with E-state index >= 15 is 0 Å². The van der Waals surface area contributed by atoms with Crippen LogP contribution in [0.3, 0.4) is 0 Å². The highest BCUT2D eigenvalue weighted by molar-refractivity contribution is 7.87. The third kappa shape index (κ3) is 3.80. The Labute approximate surface area is 133 Å². The molecule has 0 heterocycles. The Bertz CT molecular complexity index is 692. The number of halogens is 3. The summed E-state index contributed by atoms with van der Waals surface area (Å²) in [5, 5.41) is 0. The molecule has 1 atom stereocenters. The SMILES string of the molecule is COc1ccc(CC2(C)CCC=C2OS(=O)(=O)C(F)(F)F)cc1. The molecule has 1 aromatic rings. The van der Waals surface area contributed by atoms with Crippen molar-refractivity contribution >= 4 is 10.1 Å². The largest absolute Gasteiger partial charge is 0.534 e. The molecule has 0 aliphatic heterocycles. The van der Waals surface area contributed by atoms with E-state index in [1.54, 1.807) is 31.2 Å². The number of ether oxygens (including phenoxy) is 1. The van der Waals surface area contributed by atoms with Crippen molar-refractivity contribution in [3.05, 3.63) is 41.7 Å². The van der Waals surface area contributed by atoms with Gasteiger partial charge in [0.1, 0.15) is 11.5 Å². The molecule has 4 nitrogen and oxygen atoms in total. The van der Waals surface area contributed by atoms with Gasteiger partial charge in [-0.2, -0.15) is 21.6 Å². The fourth-order valence-corrected chi connectivity index (χ4v) is 3.16. The molecule has 0 saturated heterocycles. The second-order valence-electron chi connectivity index (χ2n) is 5.68. The van der Waals surface area contributed by atoms with Crippen LogP contribution in [-0.2, 0) is 20.7 Å². The van der Waals surface area contributed by atoms with Crippen LogP contribution in [0.1, 0.15) is 25.3 Å². The Hall–Kier alpha value is -1.70. The minimum absolute atomic E-state index is 0.148. The lowest BCUT2D eigenvalue weighted by molar-refractivity contribution is -0.0531. The summed E-state index contributed by atoms with van der Waals surface area (Å²) >= 11 is 0. The summed E-state index contributed by atoms with van der Waals surface area (Å²) in [6.07, 6.45) is 2.76. The quantitative estimate of drug-likeness (QED) is 0.599. The third-order valence-electron chi connectivity index (χ3n) is 3.86. The smallest absolute Gasteiger partial charge is 0.497 e. The van der Waals surface area contributed by atoms with Crippen LogP contribution >= 0.6 is 0 Å². The first-order chi connectivity index (χ1) is 10.6. The van der Waals surface area contributed by atoms with Crippen LogP contribution < -0.4 is 4.74 Å². The molecule has 0 bridgehead atoms. The number of methoxy groups -OCH3 is 1. The van der Waals surface area contributed by atoms with E-state index in [0.717, 1.165) is 5.56 Å². The molecule has 0 N–H and O–H groups in total. The average Bonchev–Trinajstić information content (AvgIpc) is 2.79. The number of benzene rings is 1. The minimum Gasteiger partial charge on any atom is -0.497 e. The van der Waals surface area contributed by atoms with E-state index in [1.807, 2.05) is 0 Å². The molecular weight excluding hydrogens is 333 g/mol. The van der Waals surface area contributed by atoms with Gasteiger partial charge in [0.05, 0.1) is 7.11 Å². The third-order valence-corrected chi connectivity index (χ3v) is 4.82. The highest BCUT2D eigenvalue weighted by atomic mass is 32.2. The Morgan fingerprint density at radius 1 is 1.22 bits per heavy atom. The molecule has 1 aliphatic carbocycles. The van der Waals surface area contributed by atoms with Crippen molar-refractivity contribution in [3.63, 3.8) is 0 Å². The van der Waals surface area contributed by atoms with Gasteiger partial charge in [0.25, 0.3) is 0 Å². The Morgan fingerprint density at radius 3 is 2.35 bits per heavy atom. The van der Waals surface area contributed by atoms with Gasteiger partial charge in [-0.25, -0.2) is 0 Å². The van der Waals surface area contributed by atoms with Crippen LogP contribution in [0.2, 0.25) is 0 Å². The van der Waals surface area contributed by atoms with Crippen molar-refractivity contribution in [3.8, 4) is 5.75 Å². The second-order valence-corrected chi connectivity index (χ2v) is 7.21. The maximum atomic E-state index is 12.5. The summed E-state index contributed by atoms with van der Waals surface area (Å²) in [6.45, 7) is 1.70. The normalized spacial score (nSPS) is 21.9. The fraction of sp³-hybridized carbons (Fsp3) is 0.467. The lowest BCUT2D eigenvalue weighted by Crippen LogP contribution is -2.29. The molecule has 1 aromatic carbocycles. The molecule has 1 unspecified atom stereocenters. The van der Waals surface area contributed by atoms with Gasteiger partial charge < -0.3 is 8.92 Å². The topological polar surface area (TPSA) is 52.6 Å². The van der Waals surface area contributed by atoms with Gasteiger partial charge >= 0.3 is 15.6 Å². The lowest BCUT2D eigenvalue weighted by Gasteiger charge is -2.27. The van der Waals surface area contributed by atoms with Crippen molar-refractivity contribution in [2.24, 2.45) is 5.41 Å². The van der Waals surface area contributed by atoms with Crippen molar-refractivity contribution in [2.75, 3.05) is 7.11 Å². The van der Waals surface area contributed by atoms with Gasteiger partial charge in [-0.15, -0.1) is 0 Å². The second kappa shape index (κ2) is 6.07. The Balaban J connectivity index is 2.18. The van der Waals surface area contributed by atoms with Gasteiger partial charge in [0.2, 0.25) is 0 Å². The molecule has 0 fully saturated rings. The molecule has 0 aromatic heterocycles.